The lowest BCUT2D eigenvalue weighted by Gasteiger charge is -2.49. The lowest BCUT2D eigenvalue weighted by atomic mass is 9.55. The molecule has 7 heteroatoms. The number of nitrogens with zero attached hydrogens (tertiary/aromatic N) is 1. The van der Waals surface area contributed by atoms with Crippen molar-refractivity contribution in [3.05, 3.63) is 104 Å². The van der Waals surface area contributed by atoms with Gasteiger partial charge in [0, 0.05) is 50.8 Å². The van der Waals surface area contributed by atoms with Gasteiger partial charge in [0.1, 0.15) is 5.54 Å². The molecule has 2 spiro atoms. The molecular weight excluding hydrogens is 618 g/mol. The fraction of sp³-hybridized carbons (Fsp3) is 0.312. The predicted molar refractivity (Wildman–Crippen MR) is 160 cm³/mol. The number of piperidine rings is 2. The van der Waals surface area contributed by atoms with Crippen molar-refractivity contribution < 1.29 is 9.59 Å². The van der Waals surface area contributed by atoms with Gasteiger partial charge in [-0.25, -0.2) is 0 Å². The van der Waals surface area contributed by atoms with Gasteiger partial charge in [-0.1, -0.05) is 92.9 Å². The molecule has 4 heterocycles. The minimum absolute atomic E-state index is 0.0583. The number of ketones is 1. The number of carbonyl (C=O) groups is 2. The van der Waals surface area contributed by atoms with Gasteiger partial charge >= 0.3 is 0 Å². The third-order valence-corrected chi connectivity index (χ3v) is 10.8. The van der Waals surface area contributed by atoms with Gasteiger partial charge in [-0.2, -0.15) is 0 Å². The highest BCUT2D eigenvalue weighted by atomic mass is 79.9. The van der Waals surface area contributed by atoms with Gasteiger partial charge < -0.3 is 10.6 Å². The molecule has 3 saturated heterocycles. The van der Waals surface area contributed by atoms with Crippen molar-refractivity contribution in [2.24, 2.45) is 5.41 Å². The Kier molecular flexibility index (Phi) is 6.19. The quantitative estimate of drug-likeness (QED) is 0.323. The molecule has 5 nitrogen and oxygen atoms in total. The van der Waals surface area contributed by atoms with E-state index in [0.29, 0.717) is 18.7 Å². The van der Waals surface area contributed by atoms with E-state index in [4.69, 9.17) is 0 Å². The van der Waals surface area contributed by atoms with Crippen LogP contribution in [0.15, 0.2) is 87.3 Å². The maximum atomic E-state index is 15.3. The van der Waals surface area contributed by atoms with Crippen LogP contribution in [0.5, 0.6) is 0 Å². The number of nitrogens with one attached hydrogen (secondary N) is 2. The van der Waals surface area contributed by atoms with E-state index in [1.54, 1.807) is 0 Å². The first-order valence-electron chi connectivity index (χ1n) is 13.6. The van der Waals surface area contributed by atoms with Crippen LogP contribution in [0.3, 0.4) is 0 Å². The molecule has 3 aromatic rings. The monoisotopic (exact) mass is 645 g/mol. The number of rotatable bonds is 2. The Morgan fingerprint density at radius 1 is 0.897 bits per heavy atom. The maximum Gasteiger partial charge on any atom is 0.250 e. The number of amides is 1. The van der Waals surface area contributed by atoms with Gasteiger partial charge in [0.05, 0.1) is 5.41 Å². The van der Waals surface area contributed by atoms with E-state index < -0.39 is 11.0 Å². The summed E-state index contributed by atoms with van der Waals surface area (Å²) in [5, 5.41) is 6.86. The Morgan fingerprint density at radius 2 is 1.64 bits per heavy atom. The van der Waals surface area contributed by atoms with E-state index in [2.05, 4.69) is 65.6 Å². The third kappa shape index (κ3) is 3.43. The zero-order chi connectivity index (χ0) is 26.8. The molecule has 3 fully saturated rings. The summed E-state index contributed by atoms with van der Waals surface area (Å²) in [6.07, 6.45) is 5.04. The van der Waals surface area contributed by atoms with Gasteiger partial charge in [0.2, 0.25) is 0 Å². The first-order chi connectivity index (χ1) is 19.0. The number of anilines is 1. The molecule has 0 saturated carbocycles. The van der Waals surface area contributed by atoms with Crippen molar-refractivity contribution in [1.29, 1.82) is 0 Å². The highest BCUT2D eigenvalue weighted by molar-refractivity contribution is 9.10. The molecule has 0 bridgehead atoms. The fourth-order valence-electron chi connectivity index (χ4n) is 7.98. The Labute approximate surface area is 245 Å². The molecular formula is C32H29Br2N3O2. The van der Waals surface area contributed by atoms with Crippen molar-refractivity contribution in [1.82, 2.24) is 10.2 Å². The van der Waals surface area contributed by atoms with Crippen molar-refractivity contribution in [2.75, 3.05) is 25.0 Å². The zero-order valence-corrected chi connectivity index (χ0v) is 24.6. The van der Waals surface area contributed by atoms with Crippen LogP contribution < -0.4 is 10.6 Å². The minimum atomic E-state index is -1.11. The maximum absolute atomic E-state index is 15.3. The van der Waals surface area contributed by atoms with E-state index in [9.17, 15) is 4.79 Å². The first-order valence-corrected chi connectivity index (χ1v) is 15.2. The van der Waals surface area contributed by atoms with Gasteiger partial charge in [0.15, 0.2) is 5.78 Å². The Balaban J connectivity index is 1.54. The minimum Gasteiger partial charge on any atom is -0.324 e. The van der Waals surface area contributed by atoms with E-state index >= 15 is 4.79 Å². The second-order valence-electron chi connectivity index (χ2n) is 11.1. The molecule has 4 aliphatic rings. The molecule has 4 atom stereocenters. The van der Waals surface area contributed by atoms with E-state index in [1.165, 1.54) is 0 Å². The molecule has 4 aliphatic heterocycles. The first kappa shape index (κ1) is 25.4. The van der Waals surface area contributed by atoms with Crippen molar-refractivity contribution in [3.8, 4) is 0 Å². The van der Waals surface area contributed by atoms with Crippen LogP contribution in [0.1, 0.15) is 41.9 Å². The lowest BCUT2D eigenvalue weighted by molar-refractivity contribution is -0.145. The highest BCUT2D eigenvalue weighted by Gasteiger charge is 2.77. The average Bonchev–Trinajstić information content (AvgIpc) is 3.39. The van der Waals surface area contributed by atoms with E-state index in [1.807, 2.05) is 60.7 Å². The Hall–Kier alpha value is -2.58. The summed E-state index contributed by atoms with van der Waals surface area (Å²) in [6, 6.07) is 24.3. The zero-order valence-electron chi connectivity index (χ0n) is 21.4. The summed E-state index contributed by atoms with van der Waals surface area (Å²) in [5.41, 5.74) is 2.36. The summed E-state index contributed by atoms with van der Waals surface area (Å²) in [7, 11) is 0. The number of benzene rings is 3. The molecule has 39 heavy (non-hydrogen) atoms. The second kappa shape index (κ2) is 9.51. The number of carbonyl (C=O) groups excluding carboxylic acids is 2. The summed E-state index contributed by atoms with van der Waals surface area (Å²) in [5.74, 6) is -0.186. The summed E-state index contributed by atoms with van der Waals surface area (Å²) in [6.45, 7) is 1.68. The van der Waals surface area contributed by atoms with Crippen LogP contribution >= 0.6 is 31.9 Å². The number of fused-ring (bicyclic) bond motifs is 5. The molecule has 3 aromatic carbocycles. The Morgan fingerprint density at radius 3 is 2.46 bits per heavy atom. The van der Waals surface area contributed by atoms with E-state index in [0.717, 1.165) is 57.1 Å². The van der Waals surface area contributed by atoms with Crippen molar-refractivity contribution in [2.45, 2.75) is 36.8 Å². The predicted octanol–water partition coefficient (Wildman–Crippen LogP) is 6.25. The molecule has 0 aliphatic carbocycles. The van der Waals surface area contributed by atoms with Crippen LogP contribution in [-0.2, 0) is 15.1 Å². The van der Waals surface area contributed by atoms with Gasteiger partial charge in [-0.3, -0.25) is 14.5 Å². The fourth-order valence-corrected chi connectivity index (χ4v) is 8.91. The average molecular weight is 647 g/mol. The van der Waals surface area contributed by atoms with Gasteiger partial charge in [-0.15, -0.1) is 0 Å². The number of hydrogen-bond donors (Lipinski definition) is 2. The molecule has 1 unspecified atom stereocenters. The molecule has 1 amide bonds. The molecule has 7 rings (SSSR count). The number of halogens is 2. The van der Waals surface area contributed by atoms with Crippen LogP contribution in [0.2, 0.25) is 0 Å². The summed E-state index contributed by atoms with van der Waals surface area (Å²) >= 11 is 7.51. The molecule has 0 radical (unpaired) electrons. The van der Waals surface area contributed by atoms with Crippen LogP contribution in [0.25, 0.3) is 6.08 Å². The molecule has 0 aromatic heterocycles. The van der Waals surface area contributed by atoms with Crippen LogP contribution in [-0.4, -0.2) is 42.3 Å². The molecule has 198 valence electrons. The van der Waals surface area contributed by atoms with Crippen molar-refractivity contribution >= 4 is 55.3 Å². The third-order valence-electron chi connectivity index (χ3n) is 9.33. The smallest absolute Gasteiger partial charge is 0.250 e. The summed E-state index contributed by atoms with van der Waals surface area (Å²) < 4.78 is 1.92. The largest absolute Gasteiger partial charge is 0.324 e. The second-order valence-corrected chi connectivity index (χ2v) is 12.8. The van der Waals surface area contributed by atoms with Crippen molar-refractivity contribution in [3.63, 3.8) is 0 Å². The van der Waals surface area contributed by atoms with Gasteiger partial charge in [0.25, 0.3) is 5.91 Å². The van der Waals surface area contributed by atoms with Crippen LogP contribution in [0, 0.1) is 5.41 Å². The SMILES string of the molecule is O=C1/C(=C/c2ccccc2Br)CNCC12[C@@H](c1ccccc1Br)[C@@H]1CCCCN1[C@@]21C(=O)Nc2ccccc21. The topological polar surface area (TPSA) is 61.4 Å². The number of Topliss-reactive ketones (excluding diaryl/α,β-unsaturated/α-hetero) is 1. The van der Waals surface area contributed by atoms with Crippen LogP contribution in [0.4, 0.5) is 5.69 Å². The van der Waals surface area contributed by atoms with Gasteiger partial charge in [-0.05, 0) is 54.8 Å². The number of para-hydroxylation sites is 1. The van der Waals surface area contributed by atoms with E-state index in [-0.39, 0.29) is 23.7 Å². The molecule has 2 N–H and O–H groups in total. The standard InChI is InChI=1S/C32H29Br2N3O2/c33-24-12-4-1-9-20(24)17-21-18-35-19-31(29(21)38)28(22-10-2-5-13-25(22)34)27-15-7-8-16-37(27)32(31)23-11-3-6-14-26(23)36-30(32)39/h1-6,9-14,17,27-28,35H,7-8,15-16,18-19H2,(H,36,39)/b21-17+/t27-,28-,31?,32-/m0/s1. The normalized spacial score (nSPS) is 31.1. The Bertz CT molecular complexity index is 1540. The summed E-state index contributed by atoms with van der Waals surface area (Å²) in [4.78, 5) is 32.2. The lowest BCUT2D eigenvalue weighted by Crippen LogP contribution is -2.65. The highest BCUT2D eigenvalue weighted by Crippen LogP contribution is 2.67. The number of hydrogen-bond acceptors (Lipinski definition) is 4.